The van der Waals surface area contributed by atoms with E-state index in [1.165, 1.54) is 18.4 Å². The lowest BCUT2D eigenvalue weighted by atomic mass is 10.1. The van der Waals surface area contributed by atoms with Gasteiger partial charge in [0, 0.05) is 18.6 Å². The molecule has 0 radical (unpaired) electrons. The Morgan fingerprint density at radius 2 is 1.75 bits per heavy atom. The third-order valence-corrected chi connectivity index (χ3v) is 5.10. The molecule has 0 amide bonds. The Kier molecular flexibility index (Phi) is 4.17. The van der Waals surface area contributed by atoms with Crippen LogP contribution in [0.25, 0.3) is 11.1 Å². The fourth-order valence-corrected chi connectivity index (χ4v) is 3.22. The Balaban J connectivity index is 2.55. The predicted octanol–water partition coefficient (Wildman–Crippen LogP) is 3.07. The van der Waals surface area contributed by atoms with Crippen molar-refractivity contribution in [1.82, 2.24) is 4.31 Å². The van der Waals surface area contributed by atoms with Gasteiger partial charge >= 0.3 is 0 Å². The maximum Gasteiger partial charge on any atom is 0.242 e. The van der Waals surface area contributed by atoms with Gasteiger partial charge in [0.2, 0.25) is 10.0 Å². The number of benzene rings is 2. The highest BCUT2D eigenvalue weighted by atomic mass is 79.9. The number of hydrogen-bond donors (Lipinski definition) is 1. The van der Waals surface area contributed by atoms with Gasteiger partial charge in [0.1, 0.15) is 5.75 Å². The van der Waals surface area contributed by atoms with Crippen molar-refractivity contribution < 1.29 is 13.5 Å². The summed E-state index contributed by atoms with van der Waals surface area (Å²) in [6.07, 6.45) is 0. The van der Waals surface area contributed by atoms with Gasteiger partial charge in [-0.25, -0.2) is 12.7 Å². The Bertz CT molecular complexity index is 722. The minimum Gasteiger partial charge on any atom is -0.508 e. The summed E-state index contributed by atoms with van der Waals surface area (Å²) in [5.74, 6) is 0.121. The normalized spacial score (nSPS) is 11.8. The lowest BCUT2D eigenvalue weighted by molar-refractivity contribution is 0.475. The molecule has 4 nitrogen and oxygen atoms in total. The Labute approximate surface area is 126 Å². The van der Waals surface area contributed by atoms with Crippen LogP contribution in [-0.4, -0.2) is 31.9 Å². The van der Waals surface area contributed by atoms with Crippen LogP contribution in [0.1, 0.15) is 0 Å². The highest BCUT2D eigenvalue weighted by molar-refractivity contribution is 9.10. The molecular weight excluding hydrogens is 342 g/mol. The quantitative estimate of drug-likeness (QED) is 0.920. The average Bonchev–Trinajstić information content (AvgIpc) is 2.37. The molecule has 0 aliphatic rings. The fourth-order valence-electron chi connectivity index (χ4n) is 1.79. The molecule has 0 atom stereocenters. The second-order valence-corrected chi connectivity index (χ2v) is 7.58. The number of aromatic hydroxyl groups is 1. The van der Waals surface area contributed by atoms with E-state index in [1.807, 2.05) is 6.07 Å². The molecule has 0 heterocycles. The summed E-state index contributed by atoms with van der Waals surface area (Å²) in [5.41, 5.74) is 1.47. The van der Waals surface area contributed by atoms with E-state index in [2.05, 4.69) is 15.9 Å². The first-order chi connectivity index (χ1) is 9.30. The number of halogens is 1. The summed E-state index contributed by atoms with van der Waals surface area (Å²) >= 11 is 3.31. The zero-order chi connectivity index (χ0) is 14.9. The number of phenols is 1. The monoisotopic (exact) mass is 355 g/mol. The third-order valence-electron chi connectivity index (χ3n) is 2.83. The van der Waals surface area contributed by atoms with Crippen molar-refractivity contribution >= 4 is 26.0 Å². The molecule has 1 N–H and O–H groups in total. The van der Waals surface area contributed by atoms with Crippen molar-refractivity contribution in [2.24, 2.45) is 0 Å². The van der Waals surface area contributed by atoms with Crippen LogP contribution in [0.4, 0.5) is 0 Å². The minimum absolute atomic E-state index is 0.121. The van der Waals surface area contributed by atoms with Gasteiger partial charge in [-0.2, -0.15) is 0 Å². The summed E-state index contributed by atoms with van der Waals surface area (Å²) in [5, 5.41) is 9.62. The zero-order valence-corrected chi connectivity index (χ0v) is 13.4. The van der Waals surface area contributed by atoms with Crippen LogP contribution < -0.4 is 0 Å². The molecule has 0 unspecified atom stereocenters. The third kappa shape index (κ3) is 3.03. The van der Waals surface area contributed by atoms with Crippen molar-refractivity contribution in [1.29, 1.82) is 0 Å². The first kappa shape index (κ1) is 15.0. The molecular formula is C14H14BrNO3S. The SMILES string of the molecule is CN(C)S(=O)(=O)c1cccc(-c2cc(O)cc(Br)c2)c1. The van der Waals surface area contributed by atoms with E-state index < -0.39 is 10.0 Å². The van der Waals surface area contributed by atoms with Crippen LogP contribution in [0, 0.1) is 0 Å². The number of sulfonamides is 1. The van der Waals surface area contributed by atoms with Crippen molar-refractivity contribution in [3.05, 3.63) is 46.9 Å². The minimum atomic E-state index is -3.47. The molecule has 0 aliphatic heterocycles. The number of rotatable bonds is 3. The number of phenolic OH excluding ortho intramolecular Hbond substituents is 1. The molecule has 0 spiro atoms. The molecule has 0 fully saturated rings. The van der Waals surface area contributed by atoms with E-state index in [4.69, 9.17) is 0 Å². The molecule has 2 rings (SSSR count). The summed E-state index contributed by atoms with van der Waals surface area (Å²) < 4.78 is 26.1. The van der Waals surface area contributed by atoms with Crippen molar-refractivity contribution in [2.75, 3.05) is 14.1 Å². The van der Waals surface area contributed by atoms with E-state index >= 15 is 0 Å². The highest BCUT2D eigenvalue weighted by Gasteiger charge is 2.17. The van der Waals surface area contributed by atoms with Gasteiger partial charge in [0.25, 0.3) is 0 Å². The smallest absolute Gasteiger partial charge is 0.242 e. The molecule has 0 aromatic heterocycles. The molecule has 2 aromatic carbocycles. The van der Waals surface area contributed by atoms with Crippen LogP contribution in [-0.2, 0) is 10.0 Å². The van der Waals surface area contributed by atoms with Gasteiger partial charge in [0.05, 0.1) is 4.90 Å². The van der Waals surface area contributed by atoms with E-state index in [-0.39, 0.29) is 10.6 Å². The van der Waals surface area contributed by atoms with Gasteiger partial charge in [-0.1, -0.05) is 28.1 Å². The summed E-state index contributed by atoms with van der Waals surface area (Å²) in [6, 6.07) is 11.6. The molecule has 0 saturated carbocycles. The summed E-state index contributed by atoms with van der Waals surface area (Å²) in [7, 11) is -0.483. The summed E-state index contributed by atoms with van der Waals surface area (Å²) in [4.78, 5) is 0.222. The molecule has 6 heteroatoms. The van der Waals surface area contributed by atoms with Crippen LogP contribution in [0.2, 0.25) is 0 Å². The standard InChI is InChI=1S/C14H14BrNO3S/c1-16(2)20(18,19)14-5-3-4-10(8-14)11-6-12(15)9-13(17)7-11/h3-9,17H,1-2H3. The first-order valence-corrected chi connectivity index (χ1v) is 8.06. The van der Waals surface area contributed by atoms with Gasteiger partial charge in [-0.15, -0.1) is 0 Å². The maximum absolute atomic E-state index is 12.1. The zero-order valence-electron chi connectivity index (χ0n) is 11.0. The second-order valence-electron chi connectivity index (χ2n) is 4.51. The largest absolute Gasteiger partial charge is 0.508 e. The van der Waals surface area contributed by atoms with Crippen LogP contribution >= 0.6 is 15.9 Å². The fraction of sp³-hybridized carbons (Fsp3) is 0.143. The van der Waals surface area contributed by atoms with E-state index in [1.54, 1.807) is 36.4 Å². The van der Waals surface area contributed by atoms with Crippen molar-refractivity contribution in [2.45, 2.75) is 4.90 Å². The van der Waals surface area contributed by atoms with Crippen molar-refractivity contribution in [3.8, 4) is 16.9 Å². The Morgan fingerprint density at radius 3 is 2.35 bits per heavy atom. The van der Waals surface area contributed by atoms with Crippen LogP contribution in [0.3, 0.4) is 0 Å². The molecule has 2 aromatic rings. The van der Waals surface area contributed by atoms with Crippen LogP contribution in [0.15, 0.2) is 51.8 Å². The highest BCUT2D eigenvalue weighted by Crippen LogP contribution is 2.29. The molecule has 106 valence electrons. The Morgan fingerprint density at radius 1 is 1.05 bits per heavy atom. The topological polar surface area (TPSA) is 57.6 Å². The van der Waals surface area contributed by atoms with Crippen LogP contribution in [0.5, 0.6) is 5.75 Å². The maximum atomic E-state index is 12.1. The molecule has 20 heavy (non-hydrogen) atoms. The van der Waals surface area contributed by atoms with Gasteiger partial charge < -0.3 is 5.11 Å². The molecule has 0 bridgehead atoms. The lowest BCUT2D eigenvalue weighted by Gasteiger charge is -2.12. The first-order valence-electron chi connectivity index (χ1n) is 5.83. The van der Waals surface area contributed by atoms with Crippen molar-refractivity contribution in [3.63, 3.8) is 0 Å². The second kappa shape index (κ2) is 5.55. The van der Waals surface area contributed by atoms with Gasteiger partial charge in [0.15, 0.2) is 0 Å². The predicted molar refractivity (Wildman–Crippen MR) is 82.1 cm³/mol. The average molecular weight is 356 g/mol. The molecule has 0 saturated heterocycles. The Hall–Kier alpha value is -1.37. The van der Waals surface area contributed by atoms with Gasteiger partial charge in [-0.05, 0) is 41.5 Å². The van der Waals surface area contributed by atoms with E-state index in [9.17, 15) is 13.5 Å². The van der Waals surface area contributed by atoms with Gasteiger partial charge in [-0.3, -0.25) is 0 Å². The number of hydrogen-bond acceptors (Lipinski definition) is 3. The summed E-state index contributed by atoms with van der Waals surface area (Å²) in [6.45, 7) is 0. The molecule has 0 aliphatic carbocycles. The van der Waals surface area contributed by atoms with E-state index in [0.29, 0.717) is 0 Å². The lowest BCUT2D eigenvalue weighted by Crippen LogP contribution is -2.22. The van der Waals surface area contributed by atoms with E-state index in [0.717, 1.165) is 15.6 Å². The number of nitrogens with zero attached hydrogens (tertiary/aromatic N) is 1.